The van der Waals surface area contributed by atoms with E-state index in [-0.39, 0.29) is 12.5 Å². The Morgan fingerprint density at radius 1 is 1.11 bits per heavy atom. The summed E-state index contributed by atoms with van der Waals surface area (Å²) in [6.45, 7) is 2.38. The van der Waals surface area contributed by atoms with Gasteiger partial charge in [-0.15, -0.1) is 0 Å². The van der Waals surface area contributed by atoms with Gasteiger partial charge >= 0.3 is 5.63 Å². The van der Waals surface area contributed by atoms with E-state index < -0.39 is 5.63 Å². The van der Waals surface area contributed by atoms with Crippen LogP contribution in [0.3, 0.4) is 0 Å². The zero-order chi connectivity index (χ0) is 19.2. The lowest BCUT2D eigenvalue weighted by molar-refractivity contribution is -0.123. The third-order valence-corrected chi connectivity index (χ3v) is 4.12. The van der Waals surface area contributed by atoms with Crippen molar-refractivity contribution in [2.75, 3.05) is 20.3 Å². The van der Waals surface area contributed by atoms with Crippen LogP contribution in [0.5, 0.6) is 11.5 Å². The summed E-state index contributed by atoms with van der Waals surface area (Å²) in [5, 5.41) is 3.62. The quantitative estimate of drug-likeness (QED) is 0.650. The molecular formula is C21H21NO5. The van der Waals surface area contributed by atoms with Crippen molar-refractivity contribution in [3.8, 4) is 11.5 Å². The first kappa shape index (κ1) is 18.5. The van der Waals surface area contributed by atoms with E-state index in [0.717, 1.165) is 22.3 Å². The predicted octanol–water partition coefficient (Wildman–Crippen LogP) is 2.85. The molecule has 0 bridgehead atoms. The summed E-state index contributed by atoms with van der Waals surface area (Å²) in [6, 6.07) is 14.1. The van der Waals surface area contributed by atoms with Gasteiger partial charge in [-0.3, -0.25) is 4.79 Å². The molecule has 3 aromatic rings. The maximum Gasteiger partial charge on any atom is 0.336 e. The number of methoxy groups -OCH3 is 1. The van der Waals surface area contributed by atoms with E-state index in [9.17, 15) is 9.59 Å². The minimum Gasteiger partial charge on any atom is -0.496 e. The summed E-state index contributed by atoms with van der Waals surface area (Å²) in [5.74, 6) is 1.05. The first-order valence-electron chi connectivity index (χ1n) is 8.62. The number of nitrogens with one attached hydrogen (secondary N) is 1. The Hall–Kier alpha value is -3.28. The predicted molar refractivity (Wildman–Crippen MR) is 102 cm³/mol. The van der Waals surface area contributed by atoms with Gasteiger partial charge in [-0.2, -0.15) is 0 Å². The van der Waals surface area contributed by atoms with Crippen molar-refractivity contribution in [2.45, 2.75) is 13.3 Å². The molecule has 0 unspecified atom stereocenters. The zero-order valence-corrected chi connectivity index (χ0v) is 15.3. The first-order chi connectivity index (χ1) is 13.0. The third-order valence-electron chi connectivity index (χ3n) is 4.12. The van der Waals surface area contributed by atoms with Crippen molar-refractivity contribution in [1.29, 1.82) is 0 Å². The number of carbonyl (C=O) groups excluding carboxylic acids is 1. The van der Waals surface area contributed by atoms with Crippen LogP contribution in [0.4, 0.5) is 0 Å². The van der Waals surface area contributed by atoms with Crippen LogP contribution >= 0.6 is 0 Å². The Balaban J connectivity index is 1.51. The molecule has 0 saturated carbocycles. The number of benzene rings is 2. The Bertz CT molecular complexity index is 1010. The fourth-order valence-electron chi connectivity index (χ4n) is 2.77. The molecule has 0 aliphatic carbocycles. The highest BCUT2D eigenvalue weighted by Crippen LogP contribution is 2.20. The summed E-state index contributed by atoms with van der Waals surface area (Å²) in [6.07, 6.45) is 0.664. The summed E-state index contributed by atoms with van der Waals surface area (Å²) in [7, 11) is 1.63. The fourth-order valence-corrected chi connectivity index (χ4v) is 2.77. The second-order valence-electron chi connectivity index (χ2n) is 6.16. The zero-order valence-electron chi connectivity index (χ0n) is 15.3. The van der Waals surface area contributed by atoms with Crippen molar-refractivity contribution in [3.05, 3.63) is 70.1 Å². The molecule has 6 heteroatoms. The highest BCUT2D eigenvalue weighted by molar-refractivity contribution is 5.79. The molecule has 3 rings (SSSR count). The molecule has 27 heavy (non-hydrogen) atoms. The van der Waals surface area contributed by atoms with Crippen molar-refractivity contribution in [2.24, 2.45) is 0 Å². The van der Waals surface area contributed by atoms with Gasteiger partial charge in [0.05, 0.1) is 7.11 Å². The van der Waals surface area contributed by atoms with Crippen LogP contribution < -0.4 is 20.4 Å². The largest absolute Gasteiger partial charge is 0.496 e. The van der Waals surface area contributed by atoms with Crippen molar-refractivity contribution in [3.63, 3.8) is 0 Å². The number of hydrogen-bond acceptors (Lipinski definition) is 5. The lowest BCUT2D eigenvalue weighted by Crippen LogP contribution is -2.30. The van der Waals surface area contributed by atoms with Crippen LogP contribution in [0.15, 0.2) is 57.7 Å². The van der Waals surface area contributed by atoms with Gasteiger partial charge < -0.3 is 19.2 Å². The minimum atomic E-state index is -0.427. The lowest BCUT2D eigenvalue weighted by Gasteiger charge is -2.11. The first-order valence-corrected chi connectivity index (χ1v) is 8.62. The number of hydrogen-bond donors (Lipinski definition) is 1. The highest BCUT2D eigenvalue weighted by atomic mass is 16.5. The molecule has 0 saturated heterocycles. The van der Waals surface area contributed by atoms with E-state index in [0.29, 0.717) is 24.3 Å². The Kier molecular flexibility index (Phi) is 5.76. The molecule has 6 nitrogen and oxygen atoms in total. The van der Waals surface area contributed by atoms with Gasteiger partial charge in [0.15, 0.2) is 6.61 Å². The minimum absolute atomic E-state index is 0.118. The fraction of sp³-hybridized carbons (Fsp3) is 0.238. The topological polar surface area (TPSA) is 77.8 Å². The number of amides is 1. The van der Waals surface area contributed by atoms with Crippen LogP contribution in [-0.4, -0.2) is 26.2 Å². The van der Waals surface area contributed by atoms with Crippen LogP contribution in [0.2, 0.25) is 0 Å². The van der Waals surface area contributed by atoms with Gasteiger partial charge in [-0.05, 0) is 43.2 Å². The van der Waals surface area contributed by atoms with Gasteiger partial charge in [0, 0.05) is 24.1 Å². The van der Waals surface area contributed by atoms with Crippen LogP contribution in [0.1, 0.15) is 11.1 Å². The summed E-state index contributed by atoms with van der Waals surface area (Å²) < 4.78 is 15.9. The second kappa shape index (κ2) is 8.40. The van der Waals surface area contributed by atoms with Gasteiger partial charge in [-0.1, -0.05) is 17.7 Å². The molecule has 1 N–H and O–H groups in total. The van der Waals surface area contributed by atoms with Crippen molar-refractivity contribution >= 4 is 16.9 Å². The summed E-state index contributed by atoms with van der Waals surface area (Å²) in [4.78, 5) is 23.3. The van der Waals surface area contributed by atoms with E-state index in [1.54, 1.807) is 31.4 Å². The van der Waals surface area contributed by atoms with Gasteiger partial charge in [0.2, 0.25) is 0 Å². The van der Waals surface area contributed by atoms with Crippen molar-refractivity contribution in [1.82, 2.24) is 5.32 Å². The molecule has 0 fully saturated rings. The van der Waals surface area contributed by atoms with E-state index in [4.69, 9.17) is 13.9 Å². The summed E-state index contributed by atoms with van der Waals surface area (Å²) in [5.41, 5.74) is 2.18. The average Bonchev–Trinajstić information content (AvgIpc) is 2.66. The molecule has 0 atom stereocenters. The maximum atomic E-state index is 12.0. The molecular weight excluding hydrogens is 346 g/mol. The Labute approximate surface area is 156 Å². The Morgan fingerprint density at radius 2 is 1.93 bits per heavy atom. The number of ether oxygens (including phenoxy) is 2. The molecule has 0 aliphatic heterocycles. The smallest absolute Gasteiger partial charge is 0.336 e. The summed E-state index contributed by atoms with van der Waals surface area (Å²) >= 11 is 0. The molecule has 2 aromatic carbocycles. The van der Waals surface area contributed by atoms with Crippen LogP contribution in [-0.2, 0) is 11.2 Å². The van der Waals surface area contributed by atoms with Gasteiger partial charge in [0.25, 0.3) is 5.91 Å². The molecule has 0 radical (unpaired) electrons. The molecule has 1 heterocycles. The number of rotatable bonds is 7. The van der Waals surface area contributed by atoms with E-state index in [1.807, 2.05) is 25.1 Å². The number of aryl methyl sites for hydroxylation is 1. The third kappa shape index (κ3) is 4.88. The van der Waals surface area contributed by atoms with Gasteiger partial charge in [0.1, 0.15) is 17.1 Å². The van der Waals surface area contributed by atoms with E-state index in [1.165, 1.54) is 6.07 Å². The SMILES string of the molecule is COc1ccc(C)cc1CCNC(=O)COc1ccc2ccc(=O)oc2c1. The lowest BCUT2D eigenvalue weighted by atomic mass is 10.1. The van der Waals surface area contributed by atoms with E-state index >= 15 is 0 Å². The van der Waals surface area contributed by atoms with Gasteiger partial charge in [-0.25, -0.2) is 4.79 Å². The average molecular weight is 367 g/mol. The second-order valence-corrected chi connectivity index (χ2v) is 6.16. The van der Waals surface area contributed by atoms with Crippen LogP contribution in [0.25, 0.3) is 11.0 Å². The molecule has 0 aliphatic rings. The molecule has 140 valence electrons. The number of carbonyl (C=O) groups is 1. The van der Waals surface area contributed by atoms with Crippen LogP contribution in [0, 0.1) is 6.92 Å². The highest BCUT2D eigenvalue weighted by Gasteiger charge is 2.07. The maximum absolute atomic E-state index is 12.0. The molecule has 1 amide bonds. The molecule has 0 spiro atoms. The Morgan fingerprint density at radius 3 is 2.74 bits per heavy atom. The normalized spacial score (nSPS) is 10.6. The number of fused-ring (bicyclic) bond motifs is 1. The van der Waals surface area contributed by atoms with Crippen molar-refractivity contribution < 1.29 is 18.7 Å². The standard InChI is InChI=1S/C21H21NO5/c1-14-3-7-18(25-2)16(11-14)9-10-22-20(23)13-26-17-6-4-15-5-8-21(24)27-19(15)12-17/h3-8,11-12H,9-10,13H2,1-2H3,(H,22,23). The molecule has 1 aromatic heterocycles. The van der Waals surface area contributed by atoms with E-state index in [2.05, 4.69) is 5.32 Å². The monoisotopic (exact) mass is 367 g/mol.